The van der Waals surface area contributed by atoms with Crippen LogP contribution < -0.4 is 0 Å². The number of allylic oxidation sites excluding steroid dienone is 7. The van der Waals surface area contributed by atoms with E-state index in [0.717, 1.165) is 11.9 Å². The Hall–Kier alpha value is -2.15. The van der Waals surface area contributed by atoms with Crippen molar-refractivity contribution in [2.45, 2.75) is 27.7 Å². The fourth-order valence-electron chi connectivity index (χ4n) is 1.88. The third-order valence-electron chi connectivity index (χ3n) is 3.10. The molecule has 0 saturated heterocycles. The van der Waals surface area contributed by atoms with Crippen molar-refractivity contribution in [3.8, 4) is 0 Å². The monoisotopic (exact) mass is 266 g/mol. The minimum absolute atomic E-state index is 0.803. The van der Waals surface area contributed by atoms with Gasteiger partial charge in [0.05, 0.1) is 0 Å². The van der Waals surface area contributed by atoms with Gasteiger partial charge in [-0.15, -0.1) is 0 Å². The highest BCUT2D eigenvalue weighted by atomic mass is 16.1. The van der Waals surface area contributed by atoms with Crippen LogP contribution >= 0.6 is 0 Å². The quantitative estimate of drug-likeness (QED) is 0.418. The summed E-state index contributed by atoms with van der Waals surface area (Å²) in [6, 6.07) is 6.33. The molecule has 0 fully saturated rings. The fraction of sp³-hybridized carbons (Fsp3) is 0.211. The normalized spacial score (nSPS) is 13.4. The fourth-order valence-corrected chi connectivity index (χ4v) is 1.88. The van der Waals surface area contributed by atoms with E-state index in [-0.39, 0.29) is 0 Å². The Morgan fingerprint density at radius 2 is 1.55 bits per heavy atom. The van der Waals surface area contributed by atoms with Crippen molar-refractivity contribution in [3.63, 3.8) is 0 Å². The third kappa shape index (κ3) is 5.23. The van der Waals surface area contributed by atoms with Gasteiger partial charge in [0.2, 0.25) is 0 Å². The lowest BCUT2D eigenvalue weighted by atomic mass is 10.0. The molecule has 0 aliphatic rings. The van der Waals surface area contributed by atoms with Gasteiger partial charge in [-0.1, -0.05) is 54.2 Å². The topological polar surface area (TPSA) is 17.1 Å². The van der Waals surface area contributed by atoms with Crippen LogP contribution in [0.25, 0.3) is 6.08 Å². The highest BCUT2D eigenvalue weighted by Gasteiger charge is 1.96. The first-order valence-electron chi connectivity index (χ1n) is 6.76. The molecule has 0 aliphatic carbocycles. The predicted molar refractivity (Wildman–Crippen MR) is 87.7 cm³/mol. The predicted octanol–water partition coefficient (Wildman–Crippen LogP) is 4.96. The second-order valence-electron chi connectivity index (χ2n) is 4.96. The summed E-state index contributed by atoms with van der Waals surface area (Å²) in [7, 11) is 0. The van der Waals surface area contributed by atoms with E-state index < -0.39 is 0 Å². The van der Waals surface area contributed by atoms with Crippen LogP contribution in [0.15, 0.2) is 59.7 Å². The summed E-state index contributed by atoms with van der Waals surface area (Å²) in [4.78, 5) is 10.3. The molecule has 0 bridgehead atoms. The molecular weight excluding hydrogens is 244 g/mol. The van der Waals surface area contributed by atoms with Gasteiger partial charge in [-0.2, -0.15) is 0 Å². The molecule has 0 unspecified atom stereocenters. The maximum absolute atomic E-state index is 10.3. The number of hydrogen-bond donors (Lipinski definition) is 0. The Morgan fingerprint density at radius 1 is 0.950 bits per heavy atom. The summed E-state index contributed by atoms with van der Waals surface area (Å²) in [5, 5.41) is 0. The van der Waals surface area contributed by atoms with Crippen LogP contribution in [0.2, 0.25) is 0 Å². The Kier molecular flexibility index (Phi) is 6.45. The average Bonchev–Trinajstić information content (AvgIpc) is 2.38. The number of rotatable bonds is 5. The average molecular weight is 266 g/mol. The number of carbonyl (C=O) groups excluding carboxylic acids is 1. The smallest absolute Gasteiger partial charge is 0.143 e. The lowest BCUT2D eigenvalue weighted by molar-refractivity contribution is -0.104. The molecule has 104 valence electrons. The summed E-state index contributed by atoms with van der Waals surface area (Å²) in [5.41, 5.74) is 5.97. The first kappa shape index (κ1) is 15.9. The van der Waals surface area contributed by atoms with Crippen molar-refractivity contribution in [2.75, 3.05) is 0 Å². The van der Waals surface area contributed by atoms with Crippen LogP contribution in [-0.4, -0.2) is 6.29 Å². The van der Waals surface area contributed by atoms with E-state index in [9.17, 15) is 4.79 Å². The van der Waals surface area contributed by atoms with Crippen molar-refractivity contribution in [1.82, 2.24) is 0 Å². The van der Waals surface area contributed by atoms with E-state index >= 15 is 0 Å². The van der Waals surface area contributed by atoms with Crippen LogP contribution in [0.4, 0.5) is 0 Å². The van der Waals surface area contributed by atoms with E-state index in [1.807, 2.05) is 25.2 Å². The highest BCUT2D eigenvalue weighted by Crippen LogP contribution is 2.16. The molecule has 0 aromatic heterocycles. The van der Waals surface area contributed by atoms with Crippen LogP contribution in [0, 0.1) is 13.8 Å². The van der Waals surface area contributed by atoms with Crippen LogP contribution in [0.5, 0.6) is 0 Å². The first-order chi connectivity index (χ1) is 9.54. The van der Waals surface area contributed by atoms with E-state index in [1.54, 1.807) is 6.08 Å². The molecule has 0 aliphatic heterocycles. The highest BCUT2D eigenvalue weighted by molar-refractivity contribution is 5.67. The number of aryl methyl sites for hydroxylation is 2. The molecule has 0 heterocycles. The van der Waals surface area contributed by atoms with Gasteiger partial charge in [0.25, 0.3) is 0 Å². The van der Waals surface area contributed by atoms with Crippen molar-refractivity contribution in [2.24, 2.45) is 0 Å². The van der Waals surface area contributed by atoms with E-state index in [4.69, 9.17) is 0 Å². The maximum atomic E-state index is 10.3. The molecule has 1 rings (SSSR count). The van der Waals surface area contributed by atoms with E-state index in [1.165, 1.54) is 22.3 Å². The molecule has 0 N–H and O–H groups in total. The van der Waals surface area contributed by atoms with Gasteiger partial charge < -0.3 is 0 Å². The number of carbonyl (C=O) groups is 1. The summed E-state index contributed by atoms with van der Waals surface area (Å²) in [6.07, 6.45) is 12.5. The second-order valence-corrected chi connectivity index (χ2v) is 4.96. The van der Waals surface area contributed by atoms with Crippen molar-refractivity contribution in [3.05, 3.63) is 76.4 Å². The summed E-state index contributed by atoms with van der Waals surface area (Å²) >= 11 is 0. The second kappa shape index (κ2) is 8.11. The molecule has 20 heavy (non-hydrogen) atoms. The Balaban J connectivity index is 2.80. The minimum Gasteiger partial charge on any atom is -0.299 e. The van der Waals surface area contributed by atoms with Gasteiger partial charge in [0.15, 0.2) is 0 Å². The molecule has 0 saturated carbocycles. The lowest BCUT2D eigenvalue weighted by Crippen LogP contribution is -1.84. The zero-order valence-corrected chi connectivity index (χ0v) is 12.7. The Morgan fingerprint density at radius 3 is 2.15 bits per heavy atom. The van der Waals surface area contributed by atoms with Crippen LogP contribution in [0.1, 0.15) is 30.5 Å². The van der Waals surface area contributed by atoms with E-state index in [2.05, 4.69) is 51.1 Å². The molecule has 0 amide bonds. The van der Waals surface area contributed by atoms with Gasteiger partial charge in [0, 0.05) is 0 Å². The van der Waals surface area contributed by atoms with Gasteiger partial charge in [-0.25, -0.2) is 0 Å². The Bertz CT molecular complexity index is 564. The zero-order valence-electron chi connectivity index (χ0n) is 12.7. The summed E-state index contributed by atoms with van der Waals surface area (Å²) in [5.74, 6) is 0. The van der Waals surface area contributed by atoms with Crippen molar-refractivity contribution < 1.29 is 4.79 Å². The molecule has 1 aromatic rings. The molecule has 0 radical (unpaired) electrons. The molecule has 1 nitrogen and oxygen atoms in total. The van der Waals surface area contributed by atoms with Crippen molar-refractivity contribution >= 4 is 12.4 Å². The maximum Gasteiger partial charge on any atom is 0.143 e. The molecule has 0 spiro atoms. The van der Waals surface area contributed by atoms with Gasteiger partial charge in [-0.05, 0) is 56.0 Å². The minimum atomic E-state index is 0.803. The molecule has 1 aromatic carbocycles. The molecule has 1 heteroatoms. The Labute approximate surface area is 122 Å². The number of hydrogen-bond acceptors (Lipinski definition) is 1. The van der Waals surface area contributed by atoms with Gasteiger partial charge >= 0.3 is 0 Å². The van der Waals surface area contributed by atoms with Gasteiger partial charge in [-0.3, -0.25) is 4.79 Å². The SMILES string of the molecule is CC(/C=C/C=C(C)/C=C/c1c(C)cccc1C)=C\C=O. The molecule has 0 atom stereocenters. The van der Waals surface area contributed by atoms with Crippen LogP contribution in [0.3, 0.4) is 0 Å². The summed E-state index contributed by atoms with van der Waals surface area (Å²) < 4.78 is 0. The number of benzene rings is 1. The third-order valence-corrected chi connectivity index (χ3v) is 3.10. The van der Waals surface area contributed by atoms with Crippen LogP contribution in [-0.2, 0) is 4.79 Å². The standard InChI is InChI=1S/C19H22O/c1-15(7-5-8-16(2)13-14-20)11-12-19-17(3)9-6-10-18(19)4/h5-14H,1-4H3/b8-5+,12-11+,15-7+,16-13+. The lowest BCUT2D eigenvalue weighted by Gasteiger charge is -2.04. The summed E-state index contributed by atoms with van der Waals surface area (Å²) in [6.45, 7) is 8.21. The van der Waals surface area contributed by atoms with Gasteiger partial charge in [0.1, 0.15) is 6.29 Å². The first-order valence-corrected chi connectivity index (χ1v) is 6.76. The van der Waals surface area contributed by atoms with Crippen molar-refractivity contribution in [1.29, 1.82) is 0 Å². The van der Waals surface area contributed by atoms with E-state index in [0.29, 0.717) is 0 Å². The number of aldehydes is 1. The molecular formula is C19H22O. The zero-order chi connectivity index (χ0) is 15.0. The largest absolute Gasteiger partial charge is 0.299 e.